The molecule has 0 aliphatic heterocycles. The number of hydrogen-bond acceptors (Lipinski definition) is 3. The molecule has 0 heterocycles. The first-order chi connectivity index (χ1) is 8.22. The van der Waals surface area contributed by atoms with Crippen LogP contribution in [0.5, 0.6) is 11.5 Å². The smallest absolute Gasteiger partial charge is 0.165 e. The number of rotatable bonds is 5. The first kappa shape index (κ1) is 13.7. The molecule has 0 saturated carbocycles. The fourth-order valence-corrected chi connectivity index (χ4v) is 1.65. The van der Waals surface area contributed by atoms with Gasteiger partial charge in [-0.2, -0.15) is 0 Å². The van der Waals surface area contributed by atoms with Gasteiger partial charge in [-0.25, -0.2) is 0 Å². The van der Waals surface area contributed by atoms with Crippen molar-refractivity contribution in [2.75, 3.05) is 13.7 Å². The lowest BCUT2D eigenvalue weighted by Crippen LogP contribution is -2.05. The molecular formula is C13H16ClNO2. The Labute approximate surface area is 107 Å². The maximum absolute atomic E-state index is 5.95. The van der Waals surface area contributed by atoms with Crippen molar-refractivity contribution < 1.29 is 9.47 Å². The van der Waals surface area contributed by atoms with E-state index < -0.39 is 0 Å². The average Bonchev–Trinajstić information content (AvgIpc) is 2.35. The number of benzene rings is 1. The molecule has 0 atom stereocenters. The Hall–Kier alpha value is -1.37. The fourth-order valence-electron chi connectivity index (χ4n) is 1.42. The highest BCUT2D eigenvalue weighted by molar-refractivity contribution is 6.30. The number of hydrogen-bond donors (Lipinski definition) is 1. The Morgan fingerprint density at radius 3 is 2.76 bits per heavy atom. The minimum Gasteiger partial charge on any atom is -0.493 e. The summed E-state index contributed by atoms with van der Waals surface area (Å²) >= 11 is 5.95. The molecule has 92 valence electrons. The highest BCUT2D eigenvalue weighted by Crippen LogP contribution is 2.34. The van der Waals surface area contributed by atoms with Crippen LogP contribution in [0, 0.1) is 11.8 Å². The zero-order valence-corrected chi connectivity index (χ0v) is 10.8. The van der Waals surface area contributed by atoms with Crippen molar-refractivity contribution in [3.63, 3.8) is 0 Å². The normalized spacial score (nSPS) is 9.41. The Kier molecular flexibility index (Phi) is 5.68. The summed E-state index contributed by atoms with van der Waals surface area (Å²) in [6.07, 6.45) is 0.673. The Balaban J connectivity index is 2.89. The summed E-state index contributed by atoms with van der Waals surface area (Å²) in [5.74, 6) is 6.99. The van der Waals surface area contributed by atoms with Crippen molar-refractivity contribution in [2.45, 2.75) is 19.9 Å². The zero-order chi connectivity index (χ0) is 12.7. The van der Waals surface area contributed by atoms with Gasteiger partial charge < -0.3 is 15.2 Å². The van der Waals surface area contributed by atoms with Gasteiger partial charge in [0.1, 0.15) is 0 Å². The van der Waals surface area contributed by atoms with Gasteiger partial charge in [0.25, 0.3) is 0 Å². The number of nitrogens with two attached hydrogens (primary N) is 1. The van der Waals surface area contributed by atoms with Crippen LogP contribution in [0.4, 0.5) is 0 Å². The Bertz CT molecular complexity index is 410. The molecule has 0 unspecified atom stereocenters. The van der Waals surface area contributed by atoms with Crippen molar-refractivity contribution in [1.82, 2.24) is 0 Å². The summed E-state index contributed by atoms with van der Waals surface area (Å²) in [5.41, 5.74) is 6.48. The monoisotopic (exact) mass is 253 g/mol. The summed E-state index contributed by atoms with van der Waals surface area (Å²) in [6, 6.07) is 3.49. The molecule has 0 spiro atoms. The maximum atomic E-state index is 5.95. The van der Waals surface area contributed by atoms with Crippen molar-refractivity contribution >= 4 is 11.6 Å². The van der Waals surface area contributed by atoms with Crippen LogP contribution in [0.15, 0.2) is 12.1 Å². The lowest BCUT2D eigenvalue weighted by Gasteiger charge is -2.14. The molecule has 0 fully saturated rings. The summed E-state index contributed by atoms with van der Waals surface area (Å²) in [4.78, 5) is 0. The molecule has 0 aromatic heterocycles. The van der Waals surface area contributed by atoms with Crippen LogP contribution < -0.4 is 15.2 Å². The molecule has 1 aromatic carbocycles. The van der Waals surface area contributed by atoms with Crippen LogP contribution in [0.1, 0.15) is 18.9 Å². The highest BCUT2D eigenvalue weighted by Gasteiger charge is 2.11. The molecule has 17 heavy (non-hydrogen) atoms. The van der Waals surface area contributed by atoms with Crippen molar-refractivity contribution in [3.8, 4) is 23.3 Å². The standard InChI is InChI=1S/C13H16ClNO2/c1-3-4-5-6-17-13-10(9-15)7-11(14)8-12(13)16-2/h7-8H,5-6,9,15H2,1-2H3. The number of halogens is 1. The first-order valence-electron chi connectivity index (χ1n) is 5.31. The van der Waals surface area contributed by atoms with Crippen LogP contribution in [0.3, 0.4) is 0 Å². The molecule has 1 rings (SSSR count). The van der Waals surface area contributed by atoms with Gasteiger partial charge in [0.15, 0.2) is 11.5 Å². The van der Waals surface area contributed by atoms with Crippen molar-refractivity contribution in [3.05, 3.63) is 22.7 Å². The molecule has 0 aliphatic rings. The Morgan fingerprint density at radius 1 is 1.41 bits per heavy atom. The number of methoxy groups -OCH3 is 1. The van der Waals surface area contributed by atoms with E-state index in [9.17, 15) is 0 Å². The second kappa shape index (κ2) is 7.05. The quantitative estimate of drug-likeness (QED) is 0.648. The lowest BCUT2D eigenvalue weighted by molar-refractivity contribution is 0.298. The summed E-state index contributed by atoms with van der Waals surface area (Å²) in [5, 5.41) is 0.586. The van der Waals surface area contributed by atoms with Gasteiger partial charge in [0, 0.05) is 29.6 Å². The second-order valence-electron chi connectivity index (χ2n) is 3.33. The van der Waals surface area contributed by atoms with Gasteiger partial charge in [0.2, 0.25) is 0 Å². The van der Waals surface area contributed by atoms with E-state index in [2.05, 4.69) is 11.8 Å². The lowest BCUT2D eigenvalue weighted by atomic mass is 10.2. The van der Waals surface area contributed by atoms with Crippen molar-refractivity contribution in [1.29, 1.82) is 0 Å². The van der Waals surface area contributed by atoms with E-state index in [0.29, 0.717) is 36.1 Å². The highest BCUT2D eigenvalue weighted by atomic mass is 35.5. The summed E-state index contributed by atoms with van der Waals surface area (Å²) in [7, 11) is 1.57. The number of ether oxygens (including phenoxy) is 2. The SMILES string of the molecule is CC#CCCOc1c(CN)cc(Cl)cc1OC. The fraction of sp³-hybridized carbons (Fsp3) is 0.385. The van der Waals surface area contributed by atoms with E-state index in [0.717, 1.165) is 5.56 Å². The molecule has 0 bridgehead atoms. The van der Waals surface area contributed by atoms with Crippen LogP contribution >= 0.6 is 11.6 Å². The van der Waals surface area contributed by atoms with Crippen LogP contribution in [-0.4, -0.2) is 13.7 Å². The van der Waals surface area contributed by atoms with E-state index in [1.54, 1.807) is 26.2 Å². The molecule has 0 aliphatic carbocycles. The van der Waals surface area contributed by atoms with Crippen LogP contribution in [0.2, 0.25) is 5.02 Å². The molecule has 0 amide bonds. The molecule has 1 aromatic rings. The van der Waals surface area contributed by atoms with Gasteiger partial charge in [-0.15, -0.1) is 11.8 Å². The van der Waals surface area contributed by atoms with E-state index in [4.69, 9.17) is 26.8 Å². The second-order valence-corrected chi connectivity index (χ2v) is 3.76. The third kappa shape index (κ3) is 3.85. The minimum atomic E-state index is 0.353. The van der Waals surface area contributed by atoms with E-state index in [-0.39, 0.29) is 0 Å². The van der Waals surface area contributed by atoms with E-state index in [1.165, 1.54) is 0 Å². The van der Waals surface area contributed by atoms with Gasteiger partial charge in [-0.3, -0.25) is 0 Å². The average molecular weight is 254 g/mol. The van der Waals surface area contributed by atoms with Crippen LogP contribution in [-0.2, 0) is 6.54 Å². The van der Waals surface area contributed by atoms with Gasteiger partial charge in [0.05, 0.1) is 13.7 Å². The third-order valence-electron chi connectivity index (χ3n) is 2.19. The van der Waals surface area contributed by atoms with Gasteiger partial charge in [-0.1, -0.05) is 11.6 Å². The minimum absolute atomic E-state index is 0.353. The topological polar surface area (TPSA) is 44.5 Å². The maximum Gasteiger partial charge on any atom is 0.165 e. The molecule has 0 radical (unpaired) electrons. The zero-order valence-electron chi connectivity index (χ0n) is 10.0. The van der Waals surface area contributed by atoms with Gasteiger partial charge >= 0.3 is 0 Å². The molecule has 0 saturated heterocycles. The predicted molar refractivity (Wildman–Crippen MR) is 69.5 cm³/mol. The molecular weight excluding hydrogens is 238 g/mol. The largest absolute Gasteiger partial charge is 0.493 e. The third-order valence-corrected chi connectivity index (χ3v) is 2.40. The van der Waals surface area contributed by atoms with Crippen molar-refractivity contribution in [2.24, 2.45) is 5.73 Å². The molecule has 2 N–H and O–H groups in total. The van der Waals surface area contributed by atoms with Gasteiger partial charge in [-0.05, 0) is 13.0 Å². The molecule has 4 heteroatoms. The molecule has 3 nitrogen and oxygen atoms in total. The Morgan fingerprint density at radius 2 is 2.18 bits per heavy atom. The first-order valence-corrected chi connectivity index (χ1v) is 5.69. The van der Waals surface area contributed by atoms with E-state index >= 15 is 0 Å². The summed E-state index contributed by atoms with van der Waals surface area (Å²) in [6.45, 7) is 2.66. The summed E-state index contributed by atoms with van der Waals surface area (Å²) < 4.78 is 10.9. The predicted octanol–water partition coefficient (Wildman–Crippen LogP) is 2.60. The van der Waals surface area contributed by atoms with Crippen LogP contribution in [0.25, 0.3) is 0 Å². The van der Waals surface area contributed by atoms with E-state index in [1.807, 2.05) is 0 Å².